The van der Waals surface area contributed by atoms with Crippen LogP contribution in [0.1, 0.15) is 38.5 Å². The zero-order chi connectivity index (χ0) is 9.80. The molecule has 1 aliphatic heterocycles. The normalized spacial score (nSPS) is 34.9. The average molecular weight is 199 g/mol. The number of aliphatic hydroxyl groups is 1. The van der Waals surface area contributed by atoms with Crippen molar-refractivity contribution in [2.24, 2.45) is 0 Å². The lowest BCUT2D eigenvalue weighted by Crippen LogP contribution is -2.39. The first kappa shape index (κ1) is 10.4. The first-order valence-corrected chi connectivity index (χ1v) is 5.87. The number of aliphatic hydroxyl groups excluding tert-OH is 1. The van der Waals surface area contributed by atoms with Gasteiger partial charge >= 0.3 is 0 Å². The minimum atomic E-state index is -0.140. The molecule has 0 aromatic rings. The number of hydrogen-bond acceptors (Lipinski definition) is 3. The van der Waals surface area contributed by atoms with Crippen LogP contribution in [0.3, 0.4) is 0 Å². The van der Waals surface area contributed by atoms with Crippen LogP contribution in [-0.2, 0) is 4.74 Å². The third-order valence-corrected chi connectivity index (χ3v) is 3.33. The quantitative estimate of drug-likeness (QED) is 0.714. The van der Waals surface area contributed by atoms with Crippen LogP contribution < -0.4 is 5.32 Å². The van der Waals surface area contributed by atoms with Crippen LogP contribution in [0.5, 0.6) is 0 Å². The van der Waals surface area contributed by atoms with Gasteiger partial charge in [0, 0.05) is 25.6 Å². The fourth-order valence-corrected chi connectivity index (χ4v) is 2.43. The molecule has 2 aliphatic rings. The van der Waals surface area contributed by atoms with E-state index >= 15 is 0 Å². The summed E-state index contributed by atoms with van der Waals surface area (Å²) in [7, 11) is 0. The van der Waals surface area contributed by atoms with Gasteiger partial charge in [0.15, 0.2) is 0 Å². The zero-order valence-corrected chi connectivity index (χ0v) is 8.74. The highest BCUT2D eigenvalue weighted by atomic mass is 16.5. The Balaban J connectivity index is 1.64. The molecule has 1 saturated heterocycles. The summed E-state index contributed by atoms with van der Waals surface area (Å²) in [6.07, 6.45) is 7.07. The Kier molecular flexibility index (Phi) is 3.79. The molecule has 0 aromatic carbocycles. The van der Waals surface area contributed by atoms with Crippen LogP contribution in [0.25, 0.3) is 0 Å². The Bertz CT molecular complexity index is 169. The summed E-state index contributed by atoms with van der Waals surface area (Å²) in [6.45, 7) is 1.64. The van der Waals surface area contributed by atoms with E-state index in [4.69, 9.17) is 4.74 Å². The van der Waals surface area contributed by atoms with Gasteiger partial charge in [-0.25, -0.2) is 0 Å². The van der Waals surface area contributed by atoms with Crippen molar-refractivity contribution in [3.63, 3.8) is 0 Å². The second kappa shape index (κ2) is 5.10. The Labute approximate surface area is 85.8 Å². The molecule has 2 rings (SSSR count). The smallest absolute Gasteiger partial charge is 0.0724 e. The predicted octanol–water partition coefficient (Wildman–Crippen LogP) is 1.06. The summed E-state index contributed by atoms with van der Waals surface area (Å²) in [5, 5.41) is 13.0. The van der Waals surface area contributed by atoms with E-state index in [-0.39, 0.29) is 12.2 Å². The summed E-state index contributed by atoms with van der Waals surface area (Å²) in [5.74, 6) is 0. The van der Waals surface area contributed by atoms with Crippen molar-refractivity contribution in [3.8, 4) is 0 Å². The van der Waals surface area contributed by atoms with Gasteiger partial charge in [-0.05, 0) is 19.3 Å². The van der Waals surface area contributed by atoms with Gasteiger partial charge in [-0.3, -0.25) is 0 Å². The third kappa shape index (κ3) is 2.94. The summed E-state index contributed by atoms with van der Waals surface area (Å²) in [6, 6.07) is 0.706. The van der Waals surface area contributed by atoms with E-state index in [1.54, 1.807) is 0 Å². The van der Waals surface area contributed by atoms with Crippen molar-refractivity contribution in [3.05, 3.63) is 0 Å². The number of nitrogens with one attached hydrogen (secondary N) is 1. The summed E-state index contributed by atoms with van der Waals surface area (Å²) >= 11 is 0. The van der Waals surface area contributed by atoms with Gasteiger partial charge in [-0.2, -0.15) is 0 Å². The van der Waals surface area contributed by atoms with Crippen molar-refractivity contribution < 1.29 is 9.84 Å². The molecule has 0 amide bonds. The molecule has 0 aromatic heterocycles. The molecule has 1 aliphatic carbocycles. The molecular formula is C11H21NO2. The fraction of sp³-hybridized carbons (Fsp3) is 1.00. The third-order valence-electron chi connectivity index (χ3n) is 3.33. The average Bonchev–Trinajstić information content (AvgIpc) is 2.67. The number of ether oxygens (including phenoxy) is 1. The highest BCUT2D eigenvalue weighted by Gasteiger charge is 2.22. The Morgan fingerprint density at radius 3 is 2.71 bits per heavy atom. The largest absolute Gasteiger partial charge is 0.393 e. The van der Waals surface area contributed by atoms with Gasteiger partial charge in [-0.1, -0.05) is 12.8 Å². The summed E-state index contributed by atoms with van der Waals surface area (Å²) in [5.41, 5.74) is 0. The molecule has 0 spiro atoms. The van der Waals surface area contributed by atoms with E-state index in [1.165, 1.54) is 25.7 Å². The second-order valence-electron chi connectivity index (χ2n) is 4.56. The lowest BCUT2D eigenvalue weighted by molar-refractivity contribution is -0.0426. The van der Waals surface area contributed by atoms with E-state index in [2.05, 4.69) is 5.32 Å². The maximum atomic E-state index is 9.46. The zero-order valence-electron chi connectivity index (χ0n) is 8.74. The first-order chi connectivity index (χ1) is 6.84. The second-order valence-corrected chi connectivity index (χ2v) is 4.56. The van der Waals surface area contributed by atoms with E-state index < -0.39 is 0 Å². The molecule has 3 heteroatoms. The van der Waals surface area contributed by atoms with Crippen molar-refractivity contribution in [1.29, 1.82) is 0 Å². The Morgan fingerprint density at radius 2 is 2.00 bits per heavy atom. The topological polar surface area (TPSA) is 41.5 Å². The lowest BCUT2D eigenvalue weighted by Gasteiger charge is -2.27. The minimum absolute atomic E-state index is 0.140. The van der Waals surface area contributed by atoms with Crippen molar-refractivity contribution >= 4 is 0 Å². The molecule has 1 heterocycles. The molecule has 82 valence electrons. The molecule has 2 unspecified atom stereocenters. The molecule has 2 atom stereocenters. The van der Waals surface area contributed by atoms with E-state index in [0.717, 1.165) is 26.0 Å². The van der Waals surface area contributed by atoms with Crippen LogP contribution >= 0.6 is 0 Å². The van der Waals surface area contributed by atoms with Crippen LogP contribution in [-0.4, -0.2) is 36.5 Å². The molecular weight excluding hydrogens is 178 g/mol. The van der Waals surface area contributed by atoms with Gasteiger partial charge in [0.05, 0.1) is 12.2 Å². The Morgan fingerprint density at radius 1 is 1.21 bits per heavy atom. The molecule has 14 heavy (non-hydrogen) atoms. The first-order valence-electron chi connectivity index (χ1n) is 5.87. The van der Waals surface area contributed by atoms with Crippen LogP contribution in [0, 0.1) is 0 Å². The lowest BCUT2D eigenvalue weighted by atomic mass is 10.1. The van der Waals surface area contributed by atoms with E-state index in [0.29, 0.717) is 6.04 Å². The molecule has 1 saturated carbocycles. The van der Waals surface area contributed by atoms with Crippen molar-refractivity contribution in [2.75, 3.05) is 13.2 Å². The highest BCUT2D eigenvalue weighted by molar-refractivity contribution is 4.78. The molecule has 2 N–H and O–H groups in total. The van der Waals surface area contributed by atoms with Gasteiger partial charge in [-0.15, -0.1) is 0 Å². The number of hydrogen-bond donors (Lipinski definition) is 2. The SMILES string of the molecule is OC1CCOC(CNC2CCCC2)C1. The molecule has 0 bridgehead atoms. The maximum absolute atomic E-state index is 9.46. The van der Waals surface area contributed by atoms with Gasteiger partial charge in [0.25, 0.3) is 0 Å². The maximum Gasteiger partial charge on any atom is 0.0724 e. The number of rotatable bonds is 3. The molecule has 0 radical (unpaired) electrons. The fourth-order valence-electron chi connectivity index (χ4n) is 2.43. The minimum Gasteiger partial charge on any atom is -0.393 e. The van der Waals surface area contributed by atoms with Crippen LogP contribution in [0.4, 0.5) is 0 Å². The summed E-state index contributed by atoms with van der Waals surface area (Å²) in [4.78, 5) is 0. The van der Waals surface area contributed by atoms with Crippen LogP contribution in [0.2, 0.25) is 0 Å². The Hall–Kier alpha value is -0.120. The predicted molar refractivity (Wildman–Crippen MR) is 55.2 cm³/mol. The van der Waals surface area contributed by atoms with E-state index in [9.17, 15) is 5.11 Å². The standard InChI is InChI=1S/C11H21NO2/c13-10-5-6-14-11(7-10)8-12-9-3-1-2-4-9/h9-13H,1-8H2. The molecule has 3 nitrogen and oxygen atoms in total. The van der Waals surface area contributed by atoms with Crippen molar-refractivity contribution in [1.82, 2.24) is 5.32 Å². The van der Waals surface area contributed by atoms with Crippen molar-refractivity contribution in [2.45, 2.75) is 56.8 Å². The van der Waals surface area contributed by atoms with E-state index in [1.807, 2.05) is 0 Å². The monoisotopic (exact) mass is 199 g/mol. The summed E-state index contributed by atoms with van der Waals surface area (Å²) < 4.78 is 5.59. The van der Waals surface area contributed by atoms with Gasteiger partial charge in [0.2, 0.25) is 0 Å². The molecule has 2 fully saturated rings. The van der Waals surface area contributed by atoms with Gasteiger partial charge in [0.1, 0.15) is 0 Å². The van der Waals surface area contributed by atoms with Crippen LogP contribution in [0.15, 0.2) is 0 Å². The highest BCUT2D eigenvalue weighted by Crippen LogP contribution is 2.18. The van der Waals surface area contributed by atoms with Gasteiger partial charge < -0.3 is 15.2 Å².